The first kappa shape index (κ1) is 25.7. The summed E-state index contributed by atoms with van der Waals surface area (Å²) in [5, 5.41) is 0. The first-order valence-corrected chi connectivity index (χ1v) is 12.6. The van der Waals surface area contributed by atoms with E-state index in [1.54, 1.807) is 6.08 Å². The van der Waals surface area contributed by atoms with Gasteiger partial charge in [0.25, 0.3) is 0 Å². The molecule has 0 atom stereocenters. The molecule has 26 heavy (non-hydrogen) atoms. The minimum atomic E-state index is -3.45. The molecule has 0 aromatic rings. The highest BCUT2D eigenvalue weighted by Crippen LogP contribution is 2.36. The topological polar surface area (TPSA) is 76.0 Å². The van der Waals surface area contributed by atoms with Crippen molar-refractivity contribution in [3.05, 3.63) is 12.2 Å². The fourth-order valence-corrected chi connectivity index (χ4v) is 3.28. The Balaban J connectivity index is 3.11. The van der Waals surface area contributed by atoms with Crippen LogP contribution in [0.4, 0.5) is 0 Å². The second-order valence-corrected chi connectivity index (χ2v) is 9.25. The molecule has 0 aromatic carbocycles. The number of esters is 1. The van der Waals surface area contributed by atoms with Crippen LogP contribution in [-0.4, -0.2) is 29.0 Å². The summed E-state index contributed by atoms with van der Waals surface area (Å²) in [6, 6.07) is 0. The third-order valence-electron chi connectivity index (χ3n) is 4.10. The van der Waals surface area contributed by atoms with E-state index in [1.165, 1.54) is 63.9 Å². The minimum absolute atomic E-state index is 0.240. The van der Waals surface area contributed by atoms with E-state index in [1.807, 2.05) is 6.92 Å². The van der Waals surface area contributed by atoms with Gasteiger partial charge in [0.15, 0.2) is 0 Å². The van der Waals surface area contributed by atoms with Crippen LogP contribution in [0.25, 0.3) is 0 Å². The maximum Gasteiger partial charge on any atom is 0.330 e. The van der Waals surface area contributed by atoms with Crippen molar-refractivity contribution in [1.29, 1.82) is 0 Å². The summed E-state index contributed by atoms with van der Waals surface area (Å²) in [4.78, 5) is 28.9. The minimum Gasteiger partial charge on any atom is -0.463 e. The fourth-order valence-electron chi connectivity index (χ4n) is 2.69. The molecule has 0 rings (SSSR count). The van der Waals surface area contributed by atoms with Crippen molar-refractivity contribution >= 4 is 24.5 Å². The predicted molar refractivity (Wildman–Crippen MR) is 110 cm³/mol. The summed E-state index contributed by atoms with van der Waals surface area (Å²) in [6.07, 6.45) is 18.5. The summed E-state index contributed by atoms with van der Waals surface area (Å²) in [5.74, 6) is -0.240. The van der Waals surface area contributed by atoms with Crippen molar-refractivity contribution in [2.24, 2.45) is 0 Å². The van der Waals surface area contributed by atoms with Crippen LogP contribution in [0.5, 0.6) is 0 Å². The zero-order chi connectivity index (χ0) is 19.5. The molecule has 0 saturated carbocycles. The van der Waals surface area contributed by atoms with Crippen molar-refractivity contribution in [3.8, 4) is 0 Å². The summed E-state index contributed by atoms with van der Waals surface area (Å²) in [7, 11) is 0. The molecule has 2 N–H and O–H groups in total. The Morgan fingerprint density at radius 2 is 1.19 bits per heavy atom. The Kier molecular flexibility index (Phi) is 17.9. The molecule has 0 aliphatic heterocycles. The number of rotatable bonds is 18. The van der Waals surface area contributed by atoms with E-state index in [0.717, 1.165) is 25.7 Å². The van der Waals surface area contributed by atoms with Crippen molar-refractivity contribution in [3.63, 3.8) is 0 Å². The summed E-state index contributed by atoms with van der Waals surface area (Å²) in [6.45, 7) is -0.759. The second kappa shape index (κ2) is 18.1. The molecule has 0 aliphatic carbocycles. The van der Waals surface area contributed by atoms with Gasteiger partial charge in [-0.15, -0.1) is 0 Å². The van der Waals surface area contributed by atoms with Gasteiger partial charge < -0.3 is 19.0 Å². The summed E-state index contributed by atoms with van der Waals surface area (Å²) >= 11 is 4.39. The highest BCUT2D eigenvalue weighted by molar-refractivity contribution is 8.06. The quantitative estimate of drug-likeness (QED) is 0.137. The Morgan fingerprint density at radius 1 is 0.808 bits per heavy atom. The monoisotopic (exact) mass is 408 g/mol. The Bertz CT molecular complexity index is 409. The van der Waals surface area contributed by atoms with Crippen LogP contribution >= 0.6 is 6.72 Å². The average Bonchev–Trinajstić information content (AvgIpc) is 2.57. The van der Waals surface area contributed by atoms with Gasteiger partial charge in [-0.3, -0.25) is 0 Å². The highest BCUT2D eigenvalue weighted by Gasteiger charge is 2.06. The van der Waals surface area contributed by atoms with Gasteiger partial charge >= 0.3 is 12.7 Å². The number of hydrogen-bond acceptors (Lipinski definition) is 4. The van der Waals surface area contributed by atoms with E-state index in [9.17, 15) is 4.79 Å². The van der Waals surface area contributed by atoms with E-state index >= 15 is 0 Å². The van der Waals surface area contributed by atoms with E-state index in [-0.39, 0.29) is 5.97 Å². The lowest BCUT2D eigenvalue weighted by atomic mass is 10.0. The van der Waals surface area contributed by atoms with Crippen molar-refractivity contribution < 1.29 is 23.8 Å². The van der Waals surface area contributed by atoms with E-state index in [0.29, 0.717) is 13.2 Å². The van der Waals surface area contributed by atoms with Crippen LogP contribution in [0.3, 0.4) is 0 Å². The largest absolute Gasteiger partial charge is 0.463 e. The summed E-state index contributed by atoms with van der Waals surface area (Å²) in [5.41, 5.74) is 0. The van der Waals surface area contributed by atoms with Gasteiger partial charge in [0.1, 0.15) is 0 Å². The van der Waals surface area contributed by atoms with Crippen LogP contribution in [0.15, 0.2) is 12.2 Å². The third-order valence-corrected chi connectivity index (χ3v) is 4.93. The molecule has 154 valence electrons. The molecule has 7 heteroatoms. The first-order valence-electron chi connectivity index (χ1n) is 9.95. The molecule has 0 bridgehead atoms. The van der Waals surface area contributed by atoms with Gasteiger partial charge in [-0.25, -0.2) is 4.79 Å². The van der Waals surface area contributed by atoms with Crippen LogP contribution in [0.2, 0.25) is 0 Å². The lowest BCUT2D eigenvalue weighted by molar-refractivity contribution is -0.137. The molecular formula is C19H37O5PS. The van der Waals surface area contributed by atoms with E-state index in [4.69, 9.17) is 19.0 Å². The second-order valence-electron chi connectivity index (χ2n) is 6.59. The van der Waals surface area contributed by atoms with Gasteiger partial charge in [-0.05, 0) is 31.6 Å². The molecular weight excluding hydrogens is 371 g/mol. The summed E-state index contributed by atoms with van der Waals surface area (Å²) < 4.78 is 9.83. The molecule has 0 radical (unpaired) electrons. The van der Waals surface area contributed by atoms with Gasteiger partial charge in [0, 0.05) is 6.08 Å². The lowest BCUT2D eigenvalue weighted by Crippen LogP contribution is -2.01. The van der Waals surface area contributed by atoms with Crippen LogP contribution in [0, 0.1) is 0 Å². The van der Waals surface area contributed by atoms with Crippen LogP contribution in [0.1, 0.15) is 90.4 Å². The lowest BCUT2D eigenvalue weighted by Gasteiger charge is -2.07. The normalized spacial score (nSPS) is 12.0. The number of allylic oxidation sites excluding steroid dienone is 1. The number of carbonyl (C=O) groups excluding carboxylic acids is 1. The molecule has 0 aromatic heterocycles. The SMILES string of the molecule is CC=CC(=O)OCCCCCCCCCCCCCCCOP(O)(O)=S. The number of carbonyl (C=O) groups is 1. The zero-order valence-corrected chi connectivity index (χ0v) is 17.9. The van der Waals surface area contributed by atoms with E-state index in [2.05, 4.69) is 11.8 Å². The van der Waals surface area contributed by atoms with Crippen molar-refractivity contribution in [1.82, 2.24) is 0 Å². The van der Waals surface area contributed by atoms with Crippen molar-refractivity contribution in [2.75, 3.05) is 13.2 Å². The predicted octanol–water partition coefficient (Wildman–Crippen LogP) is 5.40. The molecule has 0 unspecified atom stereocenters. The highest BCUT2D eigenvalue weighted by atomic mass is 32.5. The van der Waals surface area contributed by atoms with Gasteiger partial charge in [-0.2, -0.15) is 0 Å². The Morgan fingerprint density at radius 3 is 1.58 bits per heavy atom. The smallest absolute Gasteiger partial charge is 0.330 e. The molecule has 0 aliphatic rings. The van der Waals surface area contributed by atoms with Crippen LogP contribution < -0.4 is 0 Å². The Hall–Kier alpha value is -0.260. The van der Waals surface area contributed by atoms with Gasteiger partial charge in [0.05, 0.1) is 13.2 Å². The zero-order valence-electron chi connectivity index (χ0n) is 16.2. The fraction of sp³-hybridized carbons (Fsp3) is 0.842. The van der Waals surface area contributed by atoms with Gasteiger partial charge in [-0.1, -0.05) is 76.7 Å². The molecule has 0 fully saturated rings. The first-order chi connectivity index (χ1) is 12.5. The average molecular weight is 409 g/mol. The van der Waals surface area contributed by atoms with E-state index < -0.39 is 6.72 Å². The number of hydrogen-bond donors (Lipinski definition) is 2. The maximum atomic E-state index is 11.1. The standard InChI is InChI=1S/C19H37O5PS/c1-2-16-19(20)23-17-14-12-10-8-6-4-3-5-7-9-11-13-15-18-24-25(21,22)26/h2,16H,3-15,17-18H2,1H3,(H2,21,22,26). The van der Waals surface area contributed by atoms with Gasteiger partial charge in [0.2, 0.25) is 0 Å². The Labute approximate surface area is 164 Å². The number of unbranched alkanes of at least 4 members (excludes halogenated alkanes) is 12. The molecule has 0 heterocycles. The molecule has 0 saturated heterocycles. The van der Waals surface area contributed by atoms with Crippen LogP contribution in [-0.2, 0) is 25.9 Å². The van der Waals surface area contributed by atoms with Crippen molar-refractivity contribution in [2.45, 2.75) is 90.4 Å². The molecule has 5 nitrogen and oxygen atoms in total. The number of ether oxygens (including phenoxy) is 1. The third kappa shape index (κ3) is 21.8. The molecule has 0 amide bonds. The maximum absolute atomic E-state index is 11.1. The molecule has 0 spiro atoms.